The predicted octanol–water partition coefficient (Wildman–Crippen LogP) is 1.40. The van der Waals surface area contributed by atoms with Crippen LogP contribution >= 0.6 is 0 Å². The molecule has 1 aliphatic rings. The average molecular weight is 227 g/mol. The molecule has 1 N–H and O–H groups in total. The molecule has 1 rings (SSSR count). The number of likely N-dealkylation sites (N-methyl/N-ethyl adjacent to an activating group) is 1. The van der Waals surface area contributed by atoms with E-state index < -0.39 is 0 Å². The van der Waals surface area contributed by atoms with Gasteiger partial charge >= 0.3 is 0 Å². The van der Waals surface area contributed by atoms with Crippen molar-refractivity contribution in [2.75, 3.05) is 39.8 Å². The highest BCUT2D eigenvalue weighted by Gasteiger charge is 2.21. The van der Waals surface area contributed by atoms with E-state index in [4.69, 9.17) is 0 Å². The van der Waals surface area contributed by atoms with E-state index in [1.54, 1.807) is 0 Å². The summed E-state index contributed by atoms with van der Waals surface area (Å²) < 4.78 is 0. The first-order chi connectivity index (χ1) is 7.63. The molecule has 0 aromatic heterocycles. The molecule has 1 saturated heterocycles. The van der Waals surface area contributed by atoms with Gasteiger partial charge in [0.25, 0.3) is 0 Å². The molecule has 0 saturated carbocycles. The smallest absolute Gasteiger partial charge is 0.0195 e. The van der Waals surface area contributed by atoms with Gasteiger partial charge in [0.1, 0.15) is 0 Å². The molecule has 3 nitrogen and oxygen atoms in total. The highest BCUT2D eigenvalue weighted by atomic mass is 15.3. The van der Waals surface area contributed by atoms with Crippen molar-refractivity contribution >= 4 is 0 Å². The lowest BCUT2D eigenvalue weighted by Gasteiger charge is -2.38. The molecule has 0 amide bonds. The fourth-order valence-corrected chi connectivity index (χ4v) is 2.36. The third kappa shape index (κ3) is 4.81. The van der Waals surface area contributed by atoms with E-state index in [1.807, 2.05) is 0 Å². The van der Waals surface area contributed by atoms with Crippen LogP contribution in [-0.2, 0) is 0 Å². The van der Waals surface area contributed by atoms with Gasteiger partial charge in [-0.15, -0.1) is 0 Å². The van der Waals surface area contributed by atoms with E-state index in [0.29, 0.717) is 6.04 Å². The molecule has 96 valence electrons. The van der Waals surface area contributed by atoms with Crippen LogP contribution in [0.25, 0.3) is 0 Å². The summed E-state index contributed by atoms with van der Waals surface area (Å²) in [5, 5.41) is 3.56. The summed E-state index contributed by atoms with van der Waals surface area (Å²) in [6, 6.07) is 1.38. The lowest BCUT2D eigenvalue weighted by atomic mass is 10.1. The minimum Gasteiger partial charge on any atom is -0.314 e. The third-order valence-corrected chi connectivity index (χ3v) is 3.56. The normalized spacial score (nSPS) is 25.9. The first-order valence-corrected chi connectivity index (χ1v) is 6.79. The summed E-state index contributed by atoms with van der Waals surface area (Å²) in [5.41, 5.74) is 0. The fourth-order valence-electron chi connectivity index (χ4n) is 2.36. The van der Waals surface area contributed by atoms with Gasteiger partial charge < -0.3 is 10.2 Å². The highest BCUT2D eigenvalue weighted by molar-refractivity contribution is 4.78. The molecule has 2 atom stereocenters. The van der Waals surface area contributed by atoms with Crippen LogP contribution in [0.1, 0.15) is 33.6 Å². The van der Waals surface area contributed by atoms with Crippen molar-refractivity contribution in [3.63, 3.8) is 0 Å². The SMILES string of the molecule is CCCNC(C)CCN1CCN(C)CC1C. The lowest BCUT2D eigenvalue weighted by molar-refractivity contribution is 0.0966. The molecule has 16 heavy (non-hydrogen) atoms. The maximum atomic E-state index is 3.56. The zero-order valence-corrected chi connectivity index (χ0v) is 11.5. The first kappa shape index (κ1) is 13.9. The fraction of sp³-hybridized carbons (Fsp3) is 1.00. The second-order valence-corrected chi connectivity index (χ2v) is 5.29. The van der Waals surface area contributed by atoms with Crippen LogP contribution in [0.15, 0.2) is 0 Å². The second-order valence-electron chi connectivity index (χ2n) is 5.29. The summed E-state index contributed by atoms with van der Waals surface area (Å²) in [5.74, 6) is 0. The van der Waals surface area contributed by atoms with Crippen molar-refractivity contribution in [3.05, 3.63) is 0 Å². The molecule has 0 spiro atoms. The van der Waals surface area contributed by atoms with Crippen LogP contribution < -0.4 is 5.32 Å². The molecule has 1 heterocycles. The van der Waals surface area contributed by atoms with Gasteiger partial charge in [-0.05, 0) is 46.8 Å². The van der Waals surface area contributed by atoms with E-state index in [1.165, 1.54) is 39.0 Å². The molecule has 0 bridgehead atoms. The number of hydrogen-bond acceptors (Lipinski definition) is 3. The maximum absolute atomic E-state index is 3.56. The van der Waals surface area contributed by atoms with E-state index in [9.17, 15) is 0 Å². The van der Waals surface area contributed by atoms with Crippen LogP contribution in [0.5, 0.6) is 0 Å². The van der Waals surface area contributed by atoms with Crippen LogP contribution in [0, 0.1) is 0 Å². The molecular formula is C13H29N3. The van der Waals surface area contributed by atoms with Gasteiger partial charge in [0.15, 0.2) is 0 Å². The Kier molecular flexibility index (Phi) is 6.32. The Balaban J connectivity index is 2.16. The molecule has 0 aromatic carbocycles. The number of nitrogens with zero attached hydrogens (tertiary/aromatic N) is 2. The molecule has 1 fully saturated rings. The van der Waals surface area contributed by atoms with Gasteiger partial charge in [-0.1, -0.05) is 6.92 Å². The third-order valence-electron chi connectivity index (χ3n) is 3.56. The number of hydrogen-bond donors (Lipinski definition) is 1. The monoisotopic (exact) mass is 227 g/mol. The van der Waals surface area contributed by atoms with Gasteiger partial charge in [0.2, 0.25) is 0 Å². The summed E-state index contributed by atoms with van der Waals surface area (Å²) in [6.07, 6.45) is 2.50. The minimum absolute atomic E-state index is 0.659. The van der Waals surface area contributed by atoms with Crippen LogP contribution in [-0.4, -0.2) is 61.7 Å². The van der Waals surface area contributed by atoms with Crippen LogP contribution in [0.4, 0.5) is 0 Å². The van der Waals surface area contributed by atoms with E-state index >= 15 is 0 Å². The maximum Gasteiger partial charge on any atom is 0.0195 e. The molecular weight excluding hydrogens is 198 g/mol. The van der Waals surface area contributed by atoms with Gasteiger partial charge in [0, 0.05) is 31.7 Å². The predicted molar refractivity (Wildman–Crippen MR) is 70.9 cm³/mol. The average Bonchev–Trinajstić information content (AvgIpc) is 2.25. The van der Waals surface area contributed by atoms with Crippen LogP contribution in [0.2, 0.25) is 0 Å². The second kappa shape index (κ2) is 7.25. The van der Waals surface area contributed by atoms with Crippen LogP contribution in [0.3, 0.4) is 0 Å². The molecule has 3 heteroatoms. The zero-order valence-electron chi connectivity index (χ0n) is 11.5. The Morgan fingerprint density at radius 2 is 2.12 bits per heavy atom. The zero-order chi connectivity index (χ0) is 12.0. The Hall–Kier alpha value is -0.120. The topological polar surface area (TPSA) is 18.5 Å². The molecule has 0 radical (unpaired) electrons. The van der Waals surface area contributed by atoms with Crippen molar-refractivity contribution in [3.8, 4) is 0 Å². The van der Waals surface area contributed by atoms with Gasteiger partial charge in [0.05, 0.1) is 0 Å². The standard InChI is InChI=1S/C13H29N3/c1-5-7-14-12(2)6-8-16-10-9-15(4)11-13(16)3/h12-14H,5-11H2,1-4H3. The van der Waals surface area contributed by atoms with Gasteiger partial charge in [-0.2, -0.15) is 0 Å². The quantitative estimate of drug-likeness (QED) is 0.740. The highest BCUT2D eigenvalue weighted by Crippen LogP contribution is 2.08. The Bertz CT molecular complexity index is 184. The summed E-state index contributed by atoms with van der Waals surface area (Å²) in [6.45, 7) is 12.9. The Labute approximate surface area is 101 Å². The molecule has 0 aliphatic carbocycles. The van der Waals surface area contributed by atoms with Crippen molar-refractivity contribution in [1.82, 2.24) is 15.1 Å². The van der Waals surface area contributed by atoms with Crippen molar-refractivity contribution in [1.29, 1.82) is 0 Å². The first-order valence-electron chi connectivity index (χ1n) is 6.79. The van der Waals surface area contributed by atoms with E-state index in [-0.39, 0.29) is 0 Å². The van der Waals surface area contributed by atoms with Crippen molar-refractivity contribution in [2.24, 2.45) is 0 Å². The summed E-state index contributed by atoms with van der Waals surface area (Å²) in [7, 11) is 2.22. The van der Waals surface area contributed by atoms with Gasteiger partial charge in [-0.3, -0.25) is 4.90 Å². The molecule has 2 unspecified atom stereocenters. The van der Waals surface area contributed by atoms with Crippen molar-refractivity contribution in [2.45, 2.75) is 45.7 Å². The van der Waals surface area contributed by atoms with Crippen molar-refractivity contribution < 1.29 is 0 Å². The molecule has 0 aromatic rings. The Morgan fingerprint density at radius 3 is 2.75 bits per heavy atom. The number of nitrogens with one attached hydrogen (secondary N) is 1. The lowest BCUT2D eigenvalue weighted by Crippen LogP contribution is -2.51. The molecule has 1 aliphatic heterocycles. The number of rotatable bonds is 6. The largest absolute Gasteiger partial charge is 0.314 e. The van der Waals surface area contributed by atoms with E-state index in [0.717, 1.165) is 12.6 Å². The number of piperazine rings is 1. The Morgan fingerprint density at radius 1 is 1.38 bits per heavy atom. The van der Waals surface area contributed by atoms with E-state index in [2.05, 4.69) is 42.9 Å². The summed E-state index contributed by atoms with van der Waals surface area (Å²) in [4.78, 5) is 5.06. The summed E-state index contributed by atoms with van der Waals surface area (Å²) >= 11 is 0. The van der Waals surface area contributed by atoms with Gasteiger partial charge in [-0.25, -0.2) is 0 Å². The minimum atomic E-state index is 0.659.